The van der Waals surface area contributed by atoms with Crippen molar-refractivity contribution < 1.29 is 0 Å². The second kappa shape index (κ2) is 8.88. The molecule has 0 amide bonds. The Bertz CT molecular complexity index is 2620. The summed E-state index contributed by atoms with van der Waals surface area (Å²) in [5.41, 5.74) is 15.7. The Morgan fingerprint density at radius 2 is 0.913 bits per heavy atom. The molecule has 1 heteroatoms. The van der Waals surface area contributed by atoms with E-state index in [1.165, 1.54) is 98.1 Å². The maximum absolute atomic E-state index is 2.48. The largest absolute Gasteiger partial charge is 0.0881 e. The molecule has 0 nitrogen and oxygen atoms in total. The predicted octanol–water partition coefficient (Wildman–Crippen LogP) is 12.1. The van der Waals surface area contributed by atoms with Crippen molar-refractivity contribution in [2.24, 2.45) is 0 Å². The molecule has 8 aromatic rings. The molecule has 0 radical (unpaired) electrons. The molecule has 1 atom stereocenters. The highest BCUT2D eigenvalue weighted by Gasteiger charge is 2.50. The van der Waals surface area contributed by atoms with E-state index >= 15 is 0 Å². The minimum atomic E-state index is -0.382. The van der Waals surface area contributed by atoms with Crippen molar-refractivity contribution in [3.8, 4) is 44.5 Å². The van der Waals surface area contributed by atoms with Gasteiger partial charge in [0.2, 0.25) is 0 Å². The van der Waals surface area contributed by atoms with Crippen LogP contribution in [0.25, 0.3) is 66.1 Å². The summed E-state index contributed by atoms with van der Waals surface area (Å²) >= 11 is 1.92. The first kappa shape index (κ1) is 24.9. The summed E-state index contributed by atoms with van der Waals surface area (Å²) < 4.78 is 0. The molecule has 0 N–H and O–H groups in total. The van der Waals surface area contributed by atoms with Gasteiger partial charge >= 0.3 is 0 Å². The van der Waals surface area contributed by atoms with Gasteiger partial charge in [-0.2, -0.15) is 0 Å². The lowest BCUT2D eigenvalue weighted by Crippen LogP contribution is -2.31. The highest BCUT2D eigenvalue weighted by molar-refractivity contribution is 8.00. The van der Waals surface area contributed by atoms with Crippen LogP contribution in [-0.2, 0) is 5.41 Å². The van der Waals surface area contributed by atoms with Gasteiger partial charge in [0.1, 0.15) is 0 Å². The monoisotopic (exact) mass is 598 g/mol. The zero-order chi connectivity index (χ0) is 30.0. The number of hydrogen-bond donors (Lipinski definition) is 0. The molecule has 0 bridgehead atoms. The minimum absolute atomic E-state index is 0.382. The lowest BCUT2D eigenvalue weighted by molar-refractivity contribution is 0.773. The predicted molar refractivity (Wildman–Crippen MR) is 193 cm³/mol. The normalized spacial score (nSPS) is 16.3. The van der Waals surface area contributed by atoms with Crippen molar-refractivity contribution in [2.75, 3.05) is 0 Å². The van der Waals surface area contributed by atoms with Crippen LogP contribution in [0, 0.1) is 0 Å². The molecule has 8 aromatic carbocycles. The topological polar surface area (TPSA) is 0 Å². The first-order chi connectivity index (χ1) is 22.8. The fourth-order valence-corrected chi connectivity index (χ4v) is 10.2. The maximum atomic E-state index is 2.48. The van der Waals surface area contributed by atoms with Crippen molar-refractivity contribution in [3.63, 3.8) is 0 Å². The molecule has 1 aliphatic heterocycles. The van der Waals surface area contributed by atoms with Gasteiger partial charge in [0.05, 0.1) is 5.41 Å². The lowest BCUT2D eigenvalue weighted by atomic mass is 9.61. The van der Waals surface area contributed by atoms with Crippen LogP contribution in [0.5, 0.6) is 0 Å². The Balaban J connectivity index is 1.22. The highest BCUT2D eigenvalue weighted by atomic mass is 32.2. The van der Waals surface area contributed by atoms with Crippen LogP contribution >= 0.6 is 11.8 Å². The van der Waals surface area contributed by atoms with Crippen LogP contribution in [0.1, 0.15) is 22.3 Å². The second-order valence-electron chi connectivity index (χ2n) is 12.8. The van der Waals surface area contributed by atoms with Crippen molar-refractivity contribution in [3.05, 3.63) is 180 Å². The molecule has 212 valence electrons. The van der Waals surface area contributed by atoms with E-state index in [2.05, 4.69) is 158 Å². The summed E-state index contributed by atoms with van der Waals surface area (Å²) in [7, 11) is 0. The van der Waals surface area contributed by atoms with Crippen molar-refractivity contribution >= 4 is 33.3 Å². The number of fused-ring (bicyclic) bond motifs is 11. The second-order valence-corrected chi connectivity index (χ2v) is 13.8. The standard InChI is InChI=1S/C45H26S/c1-4-18-37-31(13-1)34-16-7-10-27-12-9-20-40(42(27)34)45(37)38-19-5-2-14-32(38)36-26-29(23-25-39(36)45)30-24-22-28-11-8-17-35-33-15-3-6-21-41(33)46-44(30)43(28)35/h1-26H. The first-order valence-corrected chi connectivity index (χ1v) is 16.8. The SMILES string of the molecule is c1ccc2c(c1)Sc1c(-c3ccc4c(c3)-c3ccccc3C43c4ccccc4-c4cccc5cccc3c45)ccc3cccc-2c13. The quantitative estimate of drug-likeness (QED) is 0.181. The minimum Gasteiger partial charge on any atom is -0.0881 e. The molecule has 11 rings (SSSR count). The van der Waals surface area contributed by atoms with Gasteiger partial charge in [0.15, 0.2) is 0 Å². The molecule has 0 aromatic heterocycles. The average molecular weight is 599 g/mol. The van der Waals surface area contributed by atoms with Gasteiger partial charge in [0.25, 0.3) is 0 Å². The summed E-state index contributed by atoms with van der Waals surface area (Å²) in [4.78, 5) is 2.68. The molecule has 1 spiro atoms. The molecular formula is C45H26S. The number of rotatable bonds is 1. The third-order valence-corrected chi connectivity index (χ3v) is 11.9. The molecule has 0 saturated heterocycles. The van der Waals surface area contributed by atoms with Crippen LogP contribution in [0.15, 0.2) is 168 Å². The van der Waals surface area contributed by atoms with E-state index in [1.807, 2.05) is 11.8 Å². The zero-order valence-electron chi connectivity index (χ0n) is 24.9. The average Bonchev–Trinajstić information content (AvgIpc) is 3.41. The molecule has 1 unspecified atom stereocenters. The Morgan fingerprint density at radius 3 is 1.70 bits per heavy atom. The molecule has 0 fully saturated rings. The summed E-state index contributed by atoms with van der Waals surface area (Å²) in [6, 6.07) is 59.4. The summed E-state index contributed by atoms with van der Waals surface area (Å²) in [5.74, 6) is 0. The van der Waals surface area contributed by atoms with Gasteiger partial charge in [0, 0.05) is 15.2 Å². The summed E-state index contributed by atoms with van der Waals surface area (Å²) in [6.45, 7) is 0. The van der Waals surface area contributed by atoms with Gasteiger partial charge < -0.3 is 0 Å². The smallest absolute Gasteiger partial charge is 0.0725 e. The van der Waals surface area contributed by atoms with Crippen LogP contribution in [-0.4, -0.2) is 0 Å². The van der Waals surface area contributed by atoms with E-state index in [0.29, 0.717) is 0 Å². The van der Waals surface area contributed by atoms with E-state index in [0.717, 1.165) is 0 Å². The van der Waals surface area contributed by atoms with Gasteiger partial charge in [-0.05, 0) is 95.1 Å². The number of benzene rings is 8. The van der Waals surface area contributed by atoms with E-state index in [1.54, 1.807) is 0 Å². The Hall–Kier alpha value is -5.37. The highest BCUT2D eigenvalue weighted by Crippen LogP contribution is 2.62. The molecule has 0 saturated carbocycles. The third kappa shape index (κ3) is 2.97. The Labute approximate surface area is 272 Å². The van der Waals surface area contributed by atoms with E-state index in [9.17, 15) is 0 Å². The van der Waals surface area contributed by atoms with Gasteiger partial charge in [-0.1, -0.05) is 157 Å². The molecule has 2 aliphatic carbocycles. The van der Waals surface area contributed by atoms with E-state index < -0.39 is 0 Å². The number of hydrogen-bond acceptors (Lipinski definition) is 1. The van der Waals surface area contributed by atoms with Gasteiger partial charge in [-0.15, -0.1) is 0 Å². The molecular weight excluding hydrogens is 573 g/mol. The van der Waals surface area contributed by atoms with E-state index in [-0.39, 0.29) is 5.41 Å². The fourth-order valence-electron chi connectivity index (χ4n) is 8.89. The van der Waals surface area contributed by atoms with Crippen molar-refractivity contribution in [1.82, 2.24) is 0 Å². The Kier molecular flexibility index (Phi) is 4.80. The summed E-state index contributed by atoms with van der Waals surface area (Å²) in [5, 5.41) is 5.34. The van der Waals surface area contributed by atoms with Gasteiger partial charge in [-0.25, -0.2) is 0 Å². The maximum Gasteiger partial charge on any atom is 0.0725 e. The third-order valence-electron chi connectivity index (χ3n) is 10.7. The van der Waals surface area contributed by atoms with Crippen molar-refractivity contribution in [1.29, 1.82) is 0 Å². The van der Waals surface area contributed by atoms with Crippen LogP contribution in [0.4, 0.5) is 0 Å². The van der Waals surface area contributed by atoms with Crippen LogP contribution in [0.2, 0.25) is 0 Å². The van der Waals surface area contributed by atoms with Crippen LogP contribution in [0.3, 0.4) is 0 Å². The summed E-state index contributed by atoms with van der Waals surface area (Å²) in [6.07, 6.45) is 0. The molecule has 1 heterocycles. The molecule has 46 heavy (non-hydrogen) atoms. The van der Waals surface area contributed by atoms with E-state index in [4.69, 9.17) is 0 Å². The van der Waals surface area contributed by atoms with Crippen molar-refractivity contribution in [2.45, 2.75) is 15.2 Å². The first-order valence-electron chi connectivity index (χ1n) is 16.0. The van der Waals surface area contributed by atoms with Gasteiger partial charge in [-0.3, -0.25) is 0 Å². The molecule has 3 aliphatic rings. The van der Waals surface area contributed by atoms with Crippen LogP contribution < -0.4 is 0 Å². The fraction of sp³-hybridized carbons (Fsp3) is 0.0222. The zero-order valence-corrected chi connectivity index (χ0v) is 25.7. The lowest BCUT2D eigenvalue weighted by Gasteiger charge is -2.40. The Morgan fingerprint density at radius 1 is 0.348 bits per heavy atom.